The van der Waals surface area contributed by atoms with Gasteiger partial charge in [-0.2, -0.15) is 9.98 Å². The molecule has 4 amide bonds. The summed E-state index contributed by atoms with van der Waals surface area (Å²) in [6.07, 6.45) is 1.02. The first-order valence-corrected chi connectivity index (χ1v) is 10.1. The number of piperazine rings is 1. The van der Waals surface area contributed by atoms with Crippen molar-refractivity contribution in [2.45, 2.75) is 18.4 Å². The van der Waals surface area contributed by atoms with Crippen LogP contribution in [0.4, 0.5) is 4.79 Å². The SMILES string of the molecule is O=C1N=c2cc(O)cc(-c3ccc(C(=O)N4CCN(C(=O)C5(O)CC5)CC4)cc3)c2=N1. The second kappa shape index (κ2) is 6.98. The van der Waals surface area contributed by atoms with Gasteiger partial charge in [0.15, 0.2) is 0 Å². The lowest BCUT2D eigenvalue weighted by atomic mass is 10.0. The summed E-state index contributed by atoms with van der Waals surface area (Å²) in [6.45, 7) is 1.62. The number of hydrogen-bond acceptors (Lipinski definition) is 5. The third-order valence-electron chi connectivity index (χ3n) is 5.92. The van der Waals surface area contributed by atoms with E-state index in [1.165, 1.54) is 12.1 Å². The predicted molar refractivity (Wildman–Crippen MR) is 108 cm³/mol. The number of phenolic OH excluding ortho intramolecular Hbond substituents is 1. The molecule has 2 aliphatic heterocycles. The summed E-state index contributed by atoms with van der Waals surface area (Å²) in [5.41, 5.74) is 0.580. The van der Waals surface area contributed by atoms with Crippen molar-refractivity contribution in [1.82, 2.24) is 9.80 Å². The highest BCUT2D eigenvalue weighted by Gasteiger charge is 2.50. The van der Waals surface area contributed by atoms with Gasteiger partial charge < -0.3 is 20.0 Å². The van der Waals surface area contributed by atoms with Crippen LogP contribution in [0.2, 0.25) is 0 Å². The van der Waals surface area contributed by atoms with Crippen molar-refractivity contribution in [1.29, 1.82) is 0 Å². The summed E-state index contributed by atoms with van der Waals surface area (Å²) in [6, 6.07) is 9.14. The molecular weight excluding hydrogens is 400 g/mol. The summed E-state index contributed by atoms with van der Waals surface area (Å²) < 4.78 is 0. The van der Waals surface area contributed by atoms with E-state index in [4.69, 9.17) is 0 Å². The normalized spacial score (nSPS) is 18.8. The lowest BCUT2D eigenvalue weighted by Crippen LogP contribution is -2.53. The van der Waals surface area contributed by atoms with Crippen LogP contribution < -0.4 is 10.7 Å². The van der Waals surface area contributed by atoms with E-state index in [1.54, 1.807) is 34.1 Å². The standard InChI is InChI=1S/C22H20N4O5/c27-15-11-16(18-17(12-15)23-21(30)24-18)13-1-3-14(4-2-13)19(28)25-7-9-26(10-8-25)20(29)22(31)5-6-22/h1-4,11-12,27,31H,5-10H2. The molecule has 1 saturated heterocycles. The smallest absolute Gasteiger partial charge is 0.368 e. The van der Waals surface area contributed by atoms with Crippen molar-refractivity contribution in [2.24, 2.45) is 9.98 Å². The molecular formula is C22H20N4O5. The van der Waals surface area contributed by atoms with Crippen molar-refractivity contribution >= 4 is 17.8 Å². The molecule has 0 spiro atoms. The van der Waals surface area contributed by atoms with Gasteiger partial charge >= 0.3 is 6.03 Å². The summed E-state index contributed by atoms with van der Waals surface area (Å²) >= 11 is 0. The van der Waals surface area contributed by atoms with E-state index in [0.717, 1.165) is 0 Å². The zero-order chi connectivity index (χ0) is 21.8. The van der Waals surface area contributed by atoms with E-state index in [0.29, 0.717) is 66.4 Å². The van der Waals surface area contributed by atoms with Gasteiger partial charge in [0.05, 0.1) is 5.36 Å². The number of urea groups is 1. The largest absolute Gasteiger partial charge is 0.508 e. The number of fused-ring (bicyclic) bond motifs is 1. The Morgan fingerprint density at radius 1 is 0.935 bits per heavy atom. The van der Waals surface area contributed by atoms with E-state index in [9.17, 15) is 24.6 Å². The number of phenols is 1. The Kier molecular flexibility index (Phi) is 4.37. The minimum Gasteiger partial charge on any atom is -0.508 e. The minimum atomic E-state index is -1.18. The van der Waals surface area contributed by atoms with Crippen LogP contribution in [0.25, 0.3) is 11.1 Å². The lowest BCUT2D eigenvalue weighted by molar-refractivity contribution is -0.143. The van der Waals surface area contributed by atoms with E-state index in [-0.39, 0.29) is 17.6 Å². The lowest BCUT2D eigenvalue weighted by Gasteiger charge is -2.35. The molecule has 2 N–H and O–H groups in total. The Bertz CT molecular complexity index is 1230. The van der Waals surface area contributed by atoms with E-state index in [1.807, 2.05) is 0 Å². The number of benzene rings is 2. The monoisotopic (exact) mass is 420 g/mol. The van der Waals surface area contributed by atoms with E-state index < -0.39 is 11.6 Å². The Morgan fingerprint density at radius 3 is 2.23 bits per heavy atom. The van der Waals surface area contributed by atoms with Gasteiger partial charge in [-0.25, -0.2) is 4.79 Å². The van der Waals surface area contributed by atoms with Crippen LogP contribution in [0.5, 0.6) is 5.75 Å². The molecule has 2 heterocycles. The number of aliphatic hydroxyl groups is 1. The Labute approximate surface area is 177 Å². The predicted octanol–water partition coefficient (Wildman–Crippen LogP) is 0.241. The highest BCUT2D eigenvalue weighted by atomic mass is 16.3. The maximum absolute atomic E-state index is 12.9. The Balaban J connectivity index is 1.31. The fourth-order valence-electron chi connectivity index (χ4n) is 3.96. The molecule has 0 bridgehead atoms. The minimum absolute atomic E-state index is 0.0224. The Hall–Kier alpha value is -3.59. The second-order valence-corrected chi connectivity index (χ2v) is 8.06. The average Bonchev–Trinajstić information content (AvgIpc) is 3.42. The van der Waals surface area contributed by atoms with Crippen LogP contribution in [-0.4, -0.2) is 69.6 Å². The molecule has 0 aromatic heterocycles. The number of hydrogen-bond donors (Lipinski definition) is 2. The van der Waals surface area contributed by atoms with Crippen LogP contribution in [-0.2, 0) is 4.79 Å². The topological polar surface area (TPSA) is 123 Å². The van der Waals surface area contributed by atoms with Gasteiger partial charge in [-0.3, -0.25) is 9.59 Å². The van der Waals surface area contributed by atoms with Gasteiger partial charge in [-0.1, -0.05) is 12.1 Å². The van der Waals surface area contributed by atoms with Gasteiger partial charge in [0.25, 0.3) is 11.8 Å². The first-order valence-electron chi connectivity index (χ1n) is 10.1. The van der Waals surface area contributed by atoms with E-state index in [2.05, 4.69) is 9.98 Å². The third kappa shape index (κ3) is 3.46. The second-order valence-electron chi connectivity index (χ2n) is 8.06. The first kappa shape index (κ1) is 19.4. The quantitative estimate of drug-likeness (QED) is 0.737. The van der Waals surface area contributed by atoms with Crippen LogP contribution in [0.1, 0.15) is 23.2 Å². The first-order chi connectivity index (χ1) is 14.8. The molecule has 0 radical (unpaired) electrons. The molecule has 1 aliphatic carbocycles. The Morgan fingerprint density at radius 2 is 1.58 bits per heavy atom. The van der Waals surface area contributed by atoms with Gasteiger partial charge in [-0.15, -0.1) is 0 Å². The number of carbonyl (C=O) groups excluding carboxylic acids is 3. The summed E-state index contributed by atoms with van der Waals surface area (Å²) in [5.74, 6) is -0.399. The molecule has 31 heavy (non-hydrogen) atoms. The zero-order valence-electron chi connectivity index (χ0n) is 16.6. The van der Waals surface area contributed by atoms with Crippen molar-refractivity contribution in [3.8, 4) is 16.9 Å². The van der Waals surface area contributed by atoms with Crippen LogP contribution in [0.15, 0.2) is 46.4 Å². The van der Waals surface area contributed by atoms with Crippen molar-refractivity contribution < 1.29 is 24.6 Å². The fraction of sp³-hybridized carbons (Fsp3) is 0.318. The van der Waals surface area contributed by atoms with Crippen molar-refractivity contribution in [3.05, 3.63) is 52.7 Å². The molecule has 1 saturated carbocycles. The van der Waals surface area contributed by atoms with Gasteiger partial charge in [0.2, 0.25) is 0 Å². The molecule has 158 valence electrons. The molecule has 2 fully saturated rings. The van der Waals surface area contributed by atoms with Gasteiger partial charge in [-0.05, 0) is 36.6 Å². The average molecular weight is 420 g/mol. The molecule has 0 unspecified atom stereocenters. The molecule has 2 aromatic carbocycles. The van der Waals surface area contributed by atoms with Gasteiger partial charge in [0, 0.05) is 43.4 Å². The number of rotatable bonds is 3. The maximum atomic E-state index is 12.9. The van der Waals surface area contributed by atoms with Crippen LogP contribution in [0, 0.1) is 0 Å². The molecule has 3 aliphatic rings. The molecule has 0 atom stereocenters. The number of nitrogens with zero attached hydrogens (tertiary/aromatic N) is 4. The highest BCUT2D eigenvalue weighted by Crippen LogP contribution is 2.37. The summed E-state index contributed by atoms with van der Waals surface area (Å²) in [7, 11) is 0. The van der Waals surface area contributed by atoms with Gasteiger partial charge in [0.1, 0.15) is 16.7 Å². The van der Waals surface area contributed by atoms with E-state index >= 15 is 0 Å². The zero-order valence-corrected chi connectivity index (χ0v) is 16.6. The molecule has 2 aromatic rings. The van der Waals surface area contributed by atoms with Crippen LogP contribution in [0.3, 0.4) is 0 Å². The third-order valence-corrected chi connectivity index (χ3v) is 5.92. The summed E-state index contributed by atoms with van der Waals surface area (Å²) in [4.78, 5) is 47.6. The van der Waals surface area contributed by atoms with Crippen LogP contribution >= 0.6 is 0 Å². The number of carbonyl (C=O) groups is 3. The number of amides is 4. The fourth-order valence-corrected chi connectivity index (χ4v) is 3.96. The maximum Gasteiger partial charge on any atom is 0.368 e. The molecule has 9 heteroatoms. The van der Waals surface area contributed by atoms with Crippen molar-refractivity contribution in [2.75, 3.05) is 26.2 Å². The highest BCUT2D eigenvalue weighted by molar-refractivity contribution is 5.95. The summed E-state index contributed by atoms with van der Waals surface area (Å²) in [5, 5.41) is 20.7. The van der Waals surface area contributed by atoms with Crippen molar-refractivity contribution in [3.63, 3.8) is 0 Å². The number of aromatic hydroxyl groups is 1. The molecule has 5 rings (SSSR count). The molecule has 9 nitrogen and oxygen atoms in total.